The number of primary amides is 1. The number of carbonyl (C=O) groups is 2. The predicted octanol–water partition coefficient (Wildman–Crippen LogP) is 0.561. The first-order chi connectivity index (χ1) is 10.8. The molecule has 0 heterocycles. The summed E-state index contributed by atoms with van der Waals surface area (Å²) in [6.45, 7) is 3.76. The Hall–Kier alpha value is -1.73. The summed E-state index contributed by atoms with van der Waals surface area (Å²) >= 11 is 0. The number of carbonyl (C=O) groups excluding carboxylic acids is 2. The third-order valence-electron chi connectivity index (χ3n) is 3.26. The minimum Gasteiger partial charge on any atom is -0.383 e. The van der Waals surface area contributed by atoms with Crippen LogP contribution in [0.15, 0.2) is 35.2 Å². The Morgan fingerprint density at radius 1 is 1.26 bits per heavy atom. The van der Waals surface area contributed by atoms with Gasteiger partial charge in [-0.3, -0.25) is 13.8 Å². The topological polar surface area (TPSA) is 109 Å². The fraction of sp³-hybridized carbons (Fsp3) is 0.500. The van der Waals surface area contributed by atoms with Gasteiger partial charge in [0.25, 0.3) is 0 Å². The van der Waals surface area contributed by atoms with Crippen molar-refractivity contribution >= 4 is 22.6 Å². The molecule has 0 aliphatic rings. The van der Waals surface area contributed by atoms with E-state index in [4.69, 9.17) is 5.73 Å². The first kappa shape index (κ1) is 19.3. The minimum atomic E-state index is -1.28. The van der Waals surface area contributed by atoms with Crippen LogP contribution in [0.1, 0.15) is 26.7 Å². The summed E-state index contributed by atoms with van der Waals surface area (Å²) in [7, 11) is -1.28. The highest BCUT2D eigenvalue weighted by Gasteiger charge is 2.23. The zero-order chi connectivity index (χ0) is 17.4. The van der Waals surface area contributed by atoms with Gasteiger partial charge in [0.15, 0.2) is 0 Å². The number of nitrogens with one attached hydrogen (secondary N) is 1. The Morgan fingerprint density at radius 2 is 1.87 bits per heavy atom. The Balaban J connectivity index is 2.57. The summed E-state index contributed by atoms with van der Waals surface area (Å²) in [5.74, 6) is -1.00. The van der Waals surface area contributed by atoms with Gasteiger partial charge in [-0.2, -0.15) is 0 Å². The van der Waals surface area contributed by atoms with Crippen LogP contribution in [0.5, 0.6) is 0 Å². The second-order valence-corrected chi connectivity index (χ2v) is 7.33. The van der Waals surface area contributed by atoms with Gasteiger partial charge < -0.3 is 16.2 Å². The van der Waals surface area contributed by atoms with Crippen molar-refractivity contribution < 1.29 is 18.9 Å². The third kappa shape index (κ3) is 6.92. The van der Waals surface area contributed by atoms with E-state index in [0.29, 0.717) is 11.3 Å². The molecule has 0 radical (unpaired) electrons. The maximum Gasteiger partial charge on any atom is 0.249 e. The molecule has 0 aliphatic heterocycles. The Kier molecular flexibility index (Phi) is 7.91. The average molecular weight is 340 g/mol. The Labute approximate surface area is 138 Å². The molecule has 3 atom stereocenters. The fourth-order valence-corrected chi connectivity index (χ4v) is 3.17. The summed E-state index contributed by atoms with van der Waals surface area (Å²) in [4.78, 5) is 24.0. The van der Waals surface area contributed by atoms with E-state index in [1.807, 2.05) is 19.9 Å². The van der Waals surface area contributed by atoms with E-state index in [1.165, 1.54) is 0 Å². The molecule has 0 fully saturated rings. The fourth-order valence-electron chi connectivity index (χ4n) is 2.02. The van der Waals surface area contributed by atoms with Crippen molar-refractivity contribution in [1.82, 2.24) is 5.32 Å². The number of aliphatic hydroxyl groups excluding tert-OH is 1. The van der Waals surface area contributed by atoms with Crippen LogP contribution in [0.2, 0.25) is 0 Å². The number of aliphatic hydroxyl groups is 1. The quantitative estimate of drug-likeness (QED) is 0.610. The molecule has 0 aromatic heterocycles. The molecular weight excluding hydrogens is 316 g/mol. The molecule has 1 aromatic rings. The normalized spacial score (nSPS) is 15.0. The van der Waals surface area contributed by atoms with Crippen LogP contribution in [-0.4, -0.2) is 39.0 Å². The molecule has 128 valence electrons. The molecule has 1 rings (SSSR count). The maximum atomic E-state index is 12.1. The van der Waals surface area contributed by atoms with Crippen LogP contribution in [0.4, 0.5) is 0 Å². The Bertz CT molecular complexity index is 548. The van der Waals surface area contributed by atoms with Gasteiger partial charge in [-0.1, -0.05) is 32.0 Å². The van der Waals surface area contributed by atoms with Gasteiger partial charge in [-0.15, -0.1) is 0 Å². The highest BCUT2D eigenvalue weighted by atomic mass is 32.2. The van der Waals surface area contributed by atoms with Crippen LogP contribution < -0.4 is 11.1 Å². The first-order valence-corrected chi connectivity index (χ1v) is 8.84. The standard InChI is InChI=1S/C16H24N2O4S/c1-11(2)10-14(19)16(21)18-13(15(17)20)8-9-23(22)12-6-4-3-5-7-12/h3-7,11,13-14,19H,8-10H2,1-2H3,(H2,17,20)(H,18,21)/t13-,14+,23-/m0/s1. The molecule has 0 bridgehead atoms. The molecule has 4 N–H and O–H groups in total. The van der Waals surface area contributed by atoms with Gasteiger partial charge in [0.2, 0.25) is 11.8 Å². The predicted molar refractivity (Wildman–Crippen MR) is 88.9 cm³/mol. The number of nitrogens with two attached hydrogens (primary N) is 1. The number of amides is 2. The SMILES string of the molecule is CC(C)C[C@@H](O)C(=O)N[C@@H](CC[S@](=O)c1ccccc1)C(N)=O. The lowest BCUT2D eigenvalue weighted by Crippen LogP contribution is -2.48. The highest BCUT2D eigenvalue weighted by Crippen LogP contribution is 2.09. The van der Waals surface area contributed by atoms with Crippen molar-refractivity contribution in [2.45, 2.75) is 43.7 Å². The maximum absolute atomic E-state index is 12.1. The van der Waals surface area contributed by atoms with Crippen molar-refractivity contribution in [1.29, 1.82) is 0 Å². The van der Waals surface area contributed by atoms with Gasteiger partial charge >= 0.3 is 0 Å². The molecule has 0 unspecified atom stereocenters. The molecule has 1 aromatic carbocycles. The van der Waals surface area contributed by atoms with Crippen molar-refractivity contribution in [2.75, 3.05) is 5.75 Å². The van der Waals surface area contributed by atoms with Crippen molar-refractivity contribution in [3.63, 3.8) is 0 Å². The Morgan fingerprint density at radius 3 is 2.39 bits per heavy atom. The summed E-state index contributed by atoms with van der Waals surface area (Å²) in [6, 6.07) is 7.91. The molecule has 0 aliphatic carbocycles. The van der Waals surface area contributed by atoms with Crippen LogP contribution in [0, 0.1) is 5.92 Å². The van der Waals surface area contributed by atoms with Crippen molar-refractivity contribution in [3.05, 3.63) is 30.3 Å². The van der Waals surface area contributed by atoms with E-state index in [2.05, 4.69) is 5.32 Å². The third-order valence-corrected chi connectivity index (χ3v) is 4.66. The molecule has 2 amide bonds. The number of rotatable bonds is 9. The zero-order valence-electron chi connectivity index (χ0n) is 13.4. The summed E-state index contributed by atoms with van der Waals surface area (Å²) in [6.07, 6.45) is -0.735. The van der Waals surface area contributed by atoms with E-state index >= 15 is 0 Å². The van der Waals surface area contributed by atoms with Crippen molar-refractivity contribution in [3.8, 4) is 0 Å². The number of hydrogen-bond donors (Lipinski definition) is 3. The van der Waals surface area contributed by atoms with Gasteiger partial charge in [-0.05, 0) is 30.9 Å². The highest BCUT2D eigenvalue weighted by molar-refractivity contribution is 7.85. The van der Waals surface area contributed by atoms with Crippen molar-refractivity contribution in [2.24, 2.45) is 11.7 Å². The molecular formula is C16H24N2O4S. The van der Waals surface area contributed by atoms with Crippen LogP contribution in [-0.2, 0) is 20.4 Å². The molecule has 23 heavy (non-hydrogen) atoms. The number of hydrogen-bond acceptors (Lipinski definition) is 4. The lowest BCUT2D eigenvalue weighted by atomic mass is 10.1. The smallest absolute Gasteiger partial charge is 0.249 e. The van der Waals surface area contributed by atoms with E-state index < -0.39 is 34.8 Å². The molecule has 0 saturated heterocycles. The molecule has 0 spiro atoms. The molecule has 0 saturated carbocycles. The summed E-state index contributed by atoms with van der Waals surface area (Å²) in [5.41, 5.74) is 5.28. The van der Waals surface area contributed by atoms with E-state index in [0.717, 1.165) is 0 Å². The lowest BCUT2D eigenvalue weighted by Gasteiger charge is -2.18. The van der Waals surface area contributed by atoms with E-state index in [-0.39, 0.29) is 18.1 Å². The summed E-state index contributed by atoms with van der Waals surface area (Å²) in [5, 5.41) is 12.2. The average Bonchev–Trinajstić information content (AvgIpc) is 2.50. The molecule has 7 heteroatoms. The van der Waals surface area contributed by atoms with E-state index in [1.54, 1.807) is 24.3 Å². The first-order valence-electron chi connectivity index (χ1n) is 7.52. The second-order valence-electron chi connectivity index (χ2n) is 5.76. The lowest BCUT2D eigenvalue weighted by molar-refractivity contribution is -0.133. The van der Waals surface area contributed by atoms with Crippen LogP contribution in [0.25, 0.3) is 0 Å². The van der Waals surface area contributed by atoms with Gasteiger partial charge in [0, 0.05) is 10.6 Å². The summed E-state index contributed by atoms with van der Waals surface area (Å²) < 4.78 is 12.1. The molecule has 6 nitrogen and oxygen atoms in total. The number of benzene rings is 1. The van der Waals surface area contributed by atoms with Gasteiger partial charge in [0.1, 0.15) is 12.1 Å². The second kappa shape index (κ2) is 9.42. The van der Waals surface area contributed by atoms with Gasteiger partial charge in [0.05, 0.1) is 10.8 Å². The monoisotopic (exact) mass is 340 g/mol. The van der Waals surface area contributed by atoms with Crippen LogP contribution >= 0.6 is 0 Å². The zero-order valence-corrected chi connectivity index (χ0v) is 14.2. The van der Waals surface area contributed by atoms with E-state index in [9.17, 15) is 18.9 Å². The minimum absolute atomic E-state index is 0.147. The van der Waals surface area contributed by atoms with Crippen LogP contribution in [0.3, 0.4) is 0 Å². The largest absolute Gasteiger partial charge is 0.383 e. The van der Waals surface area contributed by atoms with Gasteiger partial charge in [-0.25, -0.2) is 0 Å².